The summed E-state index contributed by atoms with van der Waals surface area (Å²) in [6, 6.07) is 9.34. The number of benzene rings is 1. The Labute approximate surface area is 123 Å². The number of hydrogen-bond acceptors (Lipinski definition) is 2. The van der Waals surface area contributed by atoms with Crippen molar-refractivity contribution in [3.8, 4) is 0 Å². The molecular formula is C18H29NO. The second-order valence-corrected chi connectivity index (χ2v) is 6.31. The van der Waals surface area contributed by atoms with Gasteiger partial charge in [0.05, 0.1) is 12.6 Å². The predicted molar refractivity (Wildman–Crippen MR) is 85.1 cm³/mol. The summed E-state index contributed by atoms with van der Waals surface area (Å²) in [6.45, 7) is 9.45. The molecule has 2 rings (SSSR count). The van der Waals surface area contributed by atoms with Crippen LogP contribution in [0.25, 0.3) is 0 Å². The Morgan fingerprint density at radius 2 is 1.80 bits per heavy atom. The fourth-order valence-electron chi connectivity index (χ4n) is 2.34. The van der Waals surface area contributed by atoms with E-state index in [1.807, 2.05) is 0 Å². The number of nitrogens with one attached hydrogen (secondary N) is 1. The molecule has 0 radical (unpaired) electrons. The normalized spacial score (nSPS) is 16.6. The van der Waals surface area contributed by atoms with Crippen molar-refractivity contribution in [2.75, 3.05) is 19.8 Å². The van der Waals surface area contributed by atoms with E-state index < -0.39 is 0 Å². The molecule has 0 aromatic heterocycles. The molecule has 0 amide bonds. The molecule has 0 saturated heterocycles. The number of rotatable bonds is 9. The molecule has 0 aliphatic heterocycles. The van der Waals surface area contributed by atoms with Crippen LogP contribution in [0.4, 0.5) is 0 Å². The summed E-state index contributed by atoms with van der Waals surface area (Å²) in [5.41, 5.74) is 2.75. The van der Waals surface area contributed by atoms with Crippen LogP contribution in [-0.4, -0.2) is 19.8 Å². The third kappa shape index (κ3) is 4.92. The van der Waals surface area contributed by atoms with Crippen LogP contribution in [0.3, 0.4) is 0 Å². The van der Waals surface area contributed by atoms with Gasteiger partial charge in [-0.2, -0.15) is 0 Å². The van der Waals surface area contributed by atoms with Gasteiger partial charge in [0, 0.05) is 6.61 Å². The summed E-state index contributed by atoms with van der Waals surface area (Å²) in [6.07, 6.45) is 3.87. The fourth-order valence-corrected chi connectivity index (χ4v) is 2.34. The van der Waals surface area contributed by atoms with E-state index in [0.717, 1.165) is 32.1 Å². The maximum atomic E-state index is 5.89. The molecule has 1 aliphatic carbocycles. The lowest BCUT2D eigenvalue weighted by atomic mass is 9.99. The Bertz CT molecular complexity index is 381. The van der Waals surface area contributed by atoms with Crippen LogP contribution in [-0.2, 0) is 4.74 Å². The quantitative estimate of drug-likeness (QED) is 0.726. The molecule has 1 N–H and O–H groups in total. The van der Waals surface area contributed by atoms with E-state index in [-0.39, 0.29) is 0 Å². The molecule has 1 unspecified atom stereocenters. The van der Waals surface area contributed by atoms with Crippen LogP contribution in [0.2, 0.25) is 0 Å². The summed E-state index contributed by atoms with van der Waals surface area (Å²) >= 11 is 0. The molecule has 1 fully saturated rings. The highest BCUT2D eigenvalue weighted by Gasteiger charge is 2.22. The maximum Gasteiger partial charge on any atom is 0.0661 e. The zero-order chi connectivity index (χ0) is 14.4. The molecule has 2 heteroatoms. The fraction of sp³-hybridized carbons (Fsp3) is 0.667. The average molecular weight is 275 g/mol. The van der Waals surface area contributed by atoms with Crippen molar-refractivity contribution in [3.63, 3.8) is 0 Å². The van der Waals surface area contributed by atoms with E-state index in [2.05, 4.69) is 50.4 Å². The van der Waals surface area contributed by atoms with Crippen molar-refractivity contribution in [1.29, 1.82) is 0 Å². The van der Waals surface area contributed by atoms with Gasteiger partial charge in [-0.1, -0.05) is 45.0 Å². The van der Waals surface area contributed by atoms with Crippen LogP contribution >= 0.6 is 0 Å². The van der Waals surface area contributed by atoms with Crippen molar-refractivity contribution in [2.24, 2.45) is 5.92 Å². The molecule has 1 aromatic carbocycles. The Morgan fingerprint density at radius 3 is 2.35 bits per heavy atom. The van der Waals surface area contributed by atoms with E-state index in [1.165, 1.54) is 24.0 Å². The smallest absolute Gasteiger partial charge is 0.0661 e. The lowest BCUT2D eigenvalue weighted by molar-refractivity contribution is 0.103. The second-order valence-electron chi connectivity index (χ2n) is 6.31. The van der Waals surface area contributed by atoms with Crippen LogP contribution < -0.4 is 5.32 Å². The van der Waals surface area contributed by atoms with Gasteiger partial charge in [0.2, 0.25) is 0 Å². The summed E-state index contributed by atoms with van der Waals surface area (Å²) in [5.74, 6) is 1.43. The molecule has 0 spiro atoms. The highest BCUT2D eigenvalue weighted by atomic mass is 16.5. The van der Waals surface area contributed by atoms with Gasteiger partial charge in [-0.3, -0.25) is 0 Å². The van der Waals surface area contributed by atoms with Gasteiger partial charge in [-0.25, -0.2) is 0 Å². The van der Waals surface area contributed by atoms with Crippen molar-refractivity contribution in [2.45, 2.75) is 52.0 Å². The van der Waals surface area contributed by atoms with E-state index in [0.29, 0.717) is 12.0 Å². The minimum absolute atomic E-state index is 0.329. The molecule has 2 nitrogen and oxygen atoms in total. The maximum absolute atomic E-state index is 5.89. The van der Waals surface area contributed by atoms with Crippen molar-refractivity contribution in [3.05, 3.63) is 35.4 Å². The van der Waals surface area contributed by atoms with E-state index in [9.17, 15) is 0 Å². The first-order chi connectivity index (χ1) is 9.70. The first-order valence-electron chi connectivity index (χ1n) is 8.11. The van der Waals surface area contributed by atoms with Gasteiger partial charge in [0.1, 0.15) is 0 Å². The zero-order valence-corrected chi connectivity index (χ0v) is 13.2. The highest BCUT2D eigenvalue weighted by molar-refractivity contribution is 5.27. The largest absolute Gasteiger partial charge is 0.379 e. The van der Waals surface area contributed by atoms with Crippen LogP contribution in [0, 0.1) is 5.92 Å². The first-order valence-corrected chi connectivity index (χ1v) is 8.11. The molecule has 1 aromatic rings. The van der Waals surface area contributed by atoms with E-state index in [4.69, 9.17) is 4.74 Å². The van der Waals surface area contributed by atoms with Crippen molar-refractivity contribution < 1.29 is 4.74 Å². The Morgan fingerprint density at radius 1 is 1.15 bits per heavy atom. The molecular weight excluding hydrogens is 246 g/mol. The minimum atomic E-state index is 0.329. The summed E-state index contributed by atoms with van der Waals surface area (Å²) < 4.78 is 5.89. The lowest BCUT2D eigenvalue weighted by Crippen LogP contribution is -2.26. The first kappa shape index (κ1) is 15.5. The van der Waals surface area contributed by atoms with Gasteiger partial charge in [-0.15, -0.1) is 0 Å². The van der Waals surface area contributed by atoms with E-state index >= 15 is 0 Å². The molecule has 1 atom stereocenters. The van der Waals surface area contributed by atoms with Crippen LogP contribution in [0.15, 0.2) is 24.3 Å². The van der Waals surface area contributed by atoms with Crippen LogP contribution in [0.1, 0.15) is 63.1 Å². The monoisotopic (exact) mass is 275 g/mol. The second kappa shape index (κ2) is 7.80. The molecule has 1 aliphatic rings. The van der Waals surface area contributed by atoms with Gasteiger partial charge in [0.15, 0.2) is 0 Å². The summed E-state index contributed by atoms with van der Waals surface area (Å²) in [7, 11) is 0. The minimum Gasteiger partial charge on any atom is -0.379 e. The van der Waals surface area contributed by atoms with Crippen LogP contribution in [0.5, 0.6) is 0 Å². The highest BCUT2D eigenvalue weighted by Crippen LogP contribution is 2.29. The third-order valence-electron chi connectivity index (χ3n) is 3.98. The Kier molecular flexibility index (Phi) is 6.06. The molecule has 112 valence electrons. The summed E-state index contributed by atoms with van der Waals surface area (Å²) in [4.78, 5) is 0. The van der Waals surface area contributed by atoms with Gasteiger partial charge in [0.25, 0.3) is 0 Å². The topological polar surface area (TPSA) is 21.3 Å². The van der Waals surface area contributed by atoms with Gasteiger partial charge in [-0.05, 0) is 48.8 Å². The number of ether oxygens (including phenoxy) is 1. The predicted octanol–water partition coefficient (Wildman–Crippen LogP) is 4.28. The zero-order valence-electron chi connectivity index (χ0n) is 13.2. The summed E-state index contributed by atoms with van der Waals surface area (Å²) in [5, 5.41) is 3.60. The standard InChI is InChI=1S/C18H29NO/c1-4-11-19-18(13-20-12-15-5-6-15)17-9-7-16(8-10-17)14(2)3/h7-10,14-15,18-19H,4-6,11-13H2,1-3H3. The molecule has 20 heavy (non-hydrogen) atoms. The van der Waals surface area contributed by atoms with Gasteiger partial charge < -0.3 is 10.1 Å². The molecule has 0 heterocycles. The Balaban J connectivity index is 1.92. The van der Waals surface area contributed by atoms with Crippen molar-refractivity contribution >= 4 is 0 Å². The van der Waals surface area contributed by atoms with E-state index in [1.54, 1.807) is 0 Å². The SMILES string of the molecule is CCCNC(COCC1CC1)c1ccc(C(C)C)cc1. The molecule has 1 saturated carbocycles. The number of hydrogen-bond donors (Lipinski definition) is 1. The Hall–Kier alpha value is -0.860. The average Bonchev–Trinajstić information content (AvgIpc) is 3.27. The van der Waals surface area contributed by atoms with Gasteiger partial charge >= 0.3 is 0 Å². The lowest BCUT2D eigenvalue weighted by Gasteiger charge is -2.20. The molecule has 0 bridgehead atoms. The third-order valence-corrected chi connectivity index (χ3v) is 3.98. The van der Waals surface area contributed by atoms with Crippen molar-refractivity contribution in [1.82, 2.24) is 5.32 Å².